The molecular weight excluding hydrogens is 459 g/mol. The molecule has 1 N–H and O–H groups in total. The number of hydrogen-bond donors (Lipinski definition) is 1. The molecule has 31 heavy (non-hydrogen) atoms. The summed E-state index contributed by atoms with van der Waals surface area (Å²) < 4.78 is 5.35. The Morgan fingerprint density at radius 3 is 2.61 bits per heavy atom. The maximum Gasteiger partial charge on any atom is 0.320 e. The summed E-state index contributed by atoms with van der Waals surface area (Å²) in [5.74, 6) is 1.64. The number of carbonyl (C=O) groups excluding carboxylic acids is 2. The molecule has 2 aliphatic heterocycles. The van der Waals surface area contributed by atoms with E-state index in [1.165, 1.54) is 0 Å². The van der Waals surface area contributed by atoms with Crippen LogP contribution in [0.4, 0.5) is 0 Å². The van der Waals surface area contributed by atoms with Gasteiger partial charge in [0, 0.05) is 31.4 Å². The molecule has 3 rings (SSSR count). The number of amides is 1. The van der Waals surface area contributed by atoms with Crippen LogP contribution in [0, 0.1) is 11.3 Å². The van der Waals surface area contributed by atoms with Gasteiger partial charge in [0.1, 0.15) is 0 Å². The molecule has 0 unspecified atom stereocenters. The van der Waals surface area contributed by atoms with Gasteiger partial charge in [-0.15, -0.1) is 36.6 Å². The Kier molecular flexibility index (Phi) is 11.7. The molecule has 172 valence electrons. The first-order valence-electron chi connectivity index (χ1n) is 9.98. The predicted octanol–water partition coefficient (Wildman–Crippen LogP) is 2.42. The van der Waals surface area contributed by atoms with Crippen molar-refractivity contribution in [3.63, 3.8) is 0 Å². The van der Waals surface area contributed by atoms with E-state index in [9.17, 15) is 9.59 Å². The predicted molar refractivity (Wildman–Crippen MR) is 127 cm³/mol. The number of esters is 1. The molecule has 7 nitrogen and oxygen atoms in total. The van der Waals surface area contributed by atoms with E-state index in [1.807, 2.05) is 30.9 Å². The molecule has 2 aliphatic rings. The minimum Gasteiger partial charge on any atom is -0.462 e. The SMILES string of the molecule is CC(C)OC(=O)CN(Cc1ccc(C#N)cc1)[C@@H]1CN[C@H](C(=O)N2CCSC2)C1.Cl.Cl. The molecule has 0 saturated carbocycles. The molecule has 1 aromatic rings. The summed E-state index contributed by atoms with van der Waals surface area (Å²) in [6.07, 6.45) is 0.508. The number of nitrogens with zero attached hydrogens (tertiary/aromatic N) is 3. The van der Waals surface area contributed by atoms with Gasteiger partial charge in [0.15, 0.2) is 0 Å². The maximum absolute atomic E-state index is 12.7. The maximum atomic E-state index is 12.7. The van der Waals surface area contributed by atoms with Crippen LogP contribution in [0.2, 0.25) is 0 Å². The van der Waals surface area contributed by atoms with E-state index in [2.05, 4.69) is 16.3 Å². The number of thioether (sulfide) groups is 1. The zero-order valence-corrected chi connectivity index (χ0v) is 20.2. The average Bonchev–Trinajstić information content (AvgIpc) is 3.39. The monoisotopic (exact) mass is 488 g/mol. The lowest BCUT2D eigenvalue weighted by atomic mass is 10.1. The van der Waals surface area contributed by atoms with Gasteiger partial charge in [-0.2, -0.15) is 5.26 Å². The summed E-state index contributed by atoms with van der Waals surface area (Å²) in [6, 6.07) is 9.36. The number of rotatable bonds is 7. The first-order valence-corrected chi connectivity index (χ1v) is 11.1. The number of ether oxygens (including phenoxy) is 1. The lowest BCUT2D eigenvalue weighted by molar-refractivity contribution is -0.149. The van der Waals surface area contributed by atoms with Crippen LogP contribution in [0.3, 0.4) is 0 Å². The van der Waals surface area contributed by atoms with Gasteiger partial charge in [0.25, 0.3) is 0 Å². The van der Waals surface area contributed by atoms with Gasteiger partial charge >= 0.3 is 5.97 Å². The largest absolute Gasteiger partial charge is 0.462 e. The molecule has 2 fully saturated rings. The second-order valence-electron chi connectivity index (χ2n) is 7.74. The fourth-order valence-corrected chi connectivity index (χ4v) is 4.65. The Morgan fingerprint density at radius 2 is 2.03 bits per heavy atom. The standard InChI is InChI=1S/C21H28N4O3S.2ClH/c1-15(2)28-20(26)13-25(12-17-5-3-16(10-22)4-6-17)18-9-19(23-11-18)21(27)24-7-8-29-14-24;;/h3-6,15,18-19,23H,7-9,11-14H2,1-2H3;2*1H/t18-,19-;;/m0../s1. The molecule has 10 heteroatoms. The van der Waals surface area contributed by atoms with Crippen LogP contribution in [0.15, 0.2) is 24.3 Å². The zero-order chi connectivity index (χ0) is 20.8. The van der Waals surface area contributed by atoms with Crippen LogP contribution in [-0.4, -0.2) is 71.1 Å². The normalized spacial score (nSPS) is 20.2. The van der Waals surface area contributed by atoms with E-state index in [1.54, 1.807) is 23.9 Å². The summed E-state index contributed by atoms with van der Waals surface area (Å²) in [5.41, 5.74) is 1.63. The Morgan fingerprint density at radius 1 is 1.32 bits per heavy atom. The number of halogens is 2. The third kappa shape index (κ3) is 7.85. The smallest absolute Gasteiger partial charge is 0.320 e. The van der Waals surface area contributed by atoms with E-state index >= 15 is 0 Å². The highest BCUT2D eigenvalue weighted by Gasteiger charge is 2.36. The van der Waals surface area contributed by atoms with Crippen molar-refractivity contribution in [3.8, 4) is 6.07 Å². The summed E-state index contributed by atoms with van der Waals surface area (Å²) in [5, 5.41) is 12.3. The lowest BCUT2D eigenvalue weighted by Crippen LogP contribution is -2.42. The van der Waals surface area contributed by atoms with Crippen molar-refractivity contribution >= 4 is 48.5 Å². The van der Waals surface area contributed by atoms with Crippen molar-refractivity contribution in [1.29, 1.82) is 5.26 Å². The molecule has 0 aliphatic carbocycles. The Labute approximate surface area is 200 Å². The minimum atomic E-state index is -0.264. The van der Waals surface area contributed by atoms with Crippen LogP contribution in [0.5, 0.6) is 0 Å². The summed E-state index contributed by atoms with van der Waals surface area (Å²) >= 11 is 1.78. The average molecular weight is 489 g/mol. The number of hydrogen-bond acceptors (Lipinski definition) is 7. The van der Waals surface area contributed by atoms with E-state index < -0.39 is 0 Å². The number of benzene rings is 1. The summed E-state index contributed by atoms with van der Waals surface area (Å²) in [7, 11) is 0. The fourth-order valence-electron chi connectivity index (χ4n) is 3.69. The number of nitrogens with one attached hydrogen (secondary N) is 1. The summed E-state index contributed by atoms with van der Waals surface area (Å²) in [4.78, 5) is 29.0. The van der Waals surface area contributed by atoms with Gasteiger partial charge in [-0.3, -0.25) is 14.5 Å². The van der Waals surface area contributed by atoms with Gasteiger partial charge in [0.2, 0.25) is 5.91 Å². The van der Waals surface area contributed by atoms with Crippen LogP contribution in [-0.2, 0) is 20.9 Å². The minimum absolute atomic E-state index is 0. The third-order valence-electron chi connectivity index (χ3n) is 5.15. The topological polar surface area (TPSA) is 85.7 Å². The van der Waals surface area contributed by atoms with Crippen molar-refractivity contribution in [2.45, 2.75) is 45.0 Å². The molecule has 2 atom stereocenters. The van der Waals surface area contributed by atoms with Crippen LogP contribution < -0.4 is 5.32 Å². The van der Waals surface area contributed by atoms with E-state index in [-0.39, 0.29) is 61.4 Å². The van der Waals surface area contributed by atoms with Crippen molar-refractivity contribution in [2.24, 2.45) is 0 Å². The van der Waals surface area contributed by atoms with Gasteiger partial charge in [-0.1, -0.05) is 12.1 Å². The number of carbonyl (C=O) groups is 2. The molecular formula is C21H30Cl2N4O3S. The Balaban J connectivity index is 0.00000240. The van der Waals surface area contributed by atoms with Crippen LogP contribution in [0.25, 0.3) is 0 Å². The van der Waals surface area contributed by atoms with Crippen LogP contribution >= 0.6 is 36.6 Å². The van der Waals surface area contributed by atoms with E-state index in [4.69, 9.17) is 10.00 Å². The number of nitriles is 1. The highest BCUT2D eigenvalue weighted by molar-refractivity contribution is 7.99. The second-order valence-corrected chi connectivity index (χ2v) is 8.82. The summed E-state index contributed by atoms with van der Waals surface area (Å²) in [6.45, 7) is 5.87. The van der Waals surface area contributed by atoms with Gasteiger partial charge in [-0.25, -0.2) is 0 Å². The lowest BCUT2D eigenvalue weighted by Gasteiger charge is -2.28. The fraction of sp³-hybridized carbons (Fsp3) is 0.571. The van der Waals surface area contributed by atoms with Gasteiger partial charge in [0.05, 0.1) is 36.2 Å². The second kappa shape index (κ2) is 13.1. The Bertz CT molecular complexity index is 767. The molecule has 1 amide bonds. The molecule has 0 aromatic heterocycles. The molecule has 2 saturated heterocycles. The first kappa shape index (κ1) is 27.5. The van der Waals surface area contributed by atoms with Gasteiger partial charge < -0.3 is 15.0 Å². The molecule has 0 spiro atoms. The molecule has 0 radical (unpaired) electrons. The molecule has 0 bridgehead atoms. The van der Waals surface area contributed by atoms with Crippen molar-refractivity contribution in [2.75, 3.05) is 31.3 Å². The highest BCUT2D eigenvalue weighted by atomic mass is 35.5. The Hall–Kier alpha value is -1.50. The quantitative estimate of drug-likeness (QED) is 0.589. The molecule has 2 heterocycles. The van der Waals surface area contributed by atoms with E-state index in [0.717, 1.165) is 23.7 Å². The van der Waals surface area contributed by atoms with Crippen molar-refractivity contribution in [3.05, 3.63) is 35.4 Å². The third-order valence-corrected chi connectivity index (χ3v) is 6.12. The zero-order valence-electron chi connectivity index (χ0n) is 17.8. The van der Waals surface area contributed by atoms with E-state index in [0.29, 0.717) is 25.1 Å². The van der Waals surface area contributed by atoms with Crippen LogP contribution in [0.1, 0.15) is 31.4 Å². The van der Waals surface area contributed by atoms with Crippen molar-refractivity contribution < 1.29 is 14.3 Å². The van der Waals surface area contributed by atoms with Crippen molar-refractivity contribution in [1.82, 2.24) is 15.1 Å². The molecule has 1 aromatic carbocycles. The highest BCUT2D eigenvalue weighted by Crippen LogP contribution is 2.21. The first-order chi connectivity index (χ1) is 14.0. The van der Waals surface area contributed by atoms with Gasteiger partial charge in [-0.05, 0) is 38.0 Å².